The number of nitrogens with one attached hydrogen (secondary N) is 1. The molecule has 0 spiro atoms. The zero-order chi connectivity index (χ0) is 12.3. The van der Waals surface area contributed by atoms with Gasteiger partial charge in [-0.2, -0.15) is 0 Å². The molecule has 16 heavy (non-hydrogen) atoms. The van der Waals surface area contributed by atoms with Gasteiger partial charge in [0.1, 0.15) is 6.54 Å². The first-order chi connectivity index (χ1) is 7.30. The quantitative estimate of drug-likeness (QED) is 0.825. The Hall–Kier alpha value is -1.51. The van der Waals surface area contributed by atoms with Crippen molar-refractivity contribution in [2.75, 3.05) is 11.9 Å². The summed E-state index contributed by atoms with van der Waals surface area (Å²) in [5.41, 5.74) is 3.34. The Balaban J connectivity index is 2.88. The van der Waals surface area contributed by atoms with E-state index in [1.165, 1.54) is 5.56 Å². The van der Waals surface area contributed by atoms with Gasteiger partial charge in [0.15, 0.2) is 0 Å². The number of hydrogen-bond acceptors (Lipinski definition) is 2. The van der Waals surface area contributed by atoms with Gasteiger partial charge in [-0.3, -0.25) is 4.79 Å². The van der Waals surface area contributed by atoms with Crippen LogP contribution in [0.1, 0.15) is 31.9 Å². The minimum absolute atomic E-state index is 0.0459. The minimum Gasteiger partial charge on any atom is -0.480 e. The van der Waals surface area contributed by atoms with Crippen molar-refractivity contribution in [3.8, 4) is 0 Å². The lowest BCUT2D eigenvalue weighted by Gasteiger charge is -2.20. The molecule has 0 aliphatic heterocycles. The molecule has 0 bridgehead atoms. The second-order valence-corrected chi connectivity index (χ2v) is 5.03. The van der Waals surface area contributed by atoms with Crippen molar-refractivity contribution in [2.24, 2.45) is 0 Å². The summed E-state index contributed by atoms with van der Waals surface area (Å²) in [7, 11) is 0. The minimum atomic E-state index is -0.848. The highest BCUT2D eigenvalue weighted by Crippen LogP contribution is 2.26. The summed E-state index contributed by atoms with van der Waals surface area (Å²) in [6.07, 6.45) is 0. The third-order valence-electron chi connectivity index (χ3n) is 2.52. The Morgan fingerprint density at radius 1 is 1.38 bits per heavy atom. The van der Waals surface area contributed by atoms with Crippen molar-refractivity contribution in [1.29, 1.82) is 0 Å². The number of aliphatic carboxylic acids is 1. The number of carbonyl (C=O) groups is 1. The second kappa shape index (κ2) is 4.56. The zero-order valence-electron chi connectivity index (χ0n) is 10.3. The third kappa shape index (κ3) is 3.26. The third-order valence-corrected chi connectivity index (χ3v) is 2.52. The molecule has 0 amide bonds. The number of carboxylic acid groups (broad SMARTS) is 1. The molecular formula is C13H19NO2. The summed E-state index contributed by atoms with van der Waals surface area (Å²) in [4.78, 5) is 10.4. The molecule has 3 nitrogen and oxygen atoms in total. The highest BCUT2D eigenvalue weighted by Gasteiger charge is 2.14. The monoisotopic (exact) mass is 221 g/mol. The molecule has 1 aromatic rings. The number of benzene rings is 1. The summed E-state index contributed by atoms with van der Waals surface area (Å²) < 4.78 is 0. The van der Waals surface area contributed by atoms with Gasteiger partial charge in [-0.1, -0.05) is 32.9 Å². The highest BCUT2D eigenvalue weighted by atomic mass is 16.4. The van der Waals surface area contributed by atoms with E-state index in [9.17, 15) is 4.79 Å². The lowest BCUT2D eigenvalue weighted by molar-refractivity contribution is -0.134. The first kappa shape index (κ1) is 12.6. The molecule has 3 heteroatoms. The fraction of sp³-hybridized carbons (Fsp3) is 0.462. The van der Waals surface area contributed by atoms with Crippen molar-refractivity contribution < 1.29 is 9.90 Å². The largest absolute Gasteiger partial charge is 0.480 e. The van der Waals surface area contributed by atoms with Gasteiger partial charge in [0.25, 0.3) is 0 Å². The van der Waals surface area contributed by atoms with Crippen LogP contribution in [0.3, 0.4) is 0 Å². The maximum atomic E-state index is 10.4. The molecule has 0 aliphatic carbocycles. The van der Waals surface area contributed by atoms with E-state index in [1.807, 2.05) is 19.1 Å². The highest BCUT2D eigenvalue weighted by molar-refractivity contribution is 5.73. The smallest absolute Gasteiger partial charge is 0.322 e. The molecule has 0 fully saturated rings. The molecule has 0 aromatic heterocycles. The molecule has 0 saturated carbocycles. The van der Waals surface area contributed by atoms with Gasteiger partial charge in [-0.15, -0.1) is 0 Å². The zero-order valence-corrected chi connectivity index (χ0v) is 10.3. The van der Waals surface area contributed by atoms with E-state index in [4.69, 9.17) is 5.11 Å². The maximum absolute atomic E-state index is 10.4. The van der Waals surface area contributed by atoms with Gasteiger partial charge in [0.2, 0.25) is 0 Å². The number of rotatable bonds is 3. The number of hydrogen-bond donors (Lipinski definition) is 2. The number of carboxylic acids is 1. The normalized spacial score (nSPS) is 11.2. The summed E-state index contributed by atoms with van der Waals surface area (Å²) >= 11 is 0. The predicted molar refractivity (Wildman–Crippen MR) is 66.0 cm³/mol. The van der Waals surface area contributed by atoms with Crippen molar-refractivity contribution in [2.45, 2.75) is 33.1 Å². The lowest BCUT2D eigenvalue weighted by Crippen LogP contribution is -2.14. The molecular weight excluding hydrogens is 202 g/mol. The first-order valence-corrected chi connectivity index (χ1v) is 5.37. The van der Waals surface area contributed by atoms with Crippen LogP contribution in [0.5, 0.6) is 0 Å². The van der Waals surface area contributed by atoms with Crippen LogP contribution in [0.15, 0.2) is 18.2 Å². The van der Waals surface area contributed by atoms with E-state index < -0.39 is 5.97 Å². The molecule has 1 aromatic carbocycles. The van der Waals surface area contributed by atoms with Crippen LogP contribution in [-0.2, 0) is 10.2 Å². The van der Waals surface area contributed by atoms with Crippen LogP contribution in [0.2, 0.25) is 0 Å². The number of aryl methyl sites for hydroxylation is 1. The van der Waals surface area contributed by atoms with Crippen molar-refractivity contribution >= 4 is 11.7 Å². The van der Waals surface area contributed by atoms with Crippen LogP contribution >= 0.6 is 0 Å². The summed E-state index contributed by atoms with van der Waals surface area (Å²) in [5.74, 6) is -0.848. The standard InChI is InChI=1S/C13H19NO2/c1-9-7-10(13(2,3)4)5-6-11(9)14-8-12(15)16/h5-7,14H,8H2,1-4H3,(H,15,16). The van der Waals surface area contributed by atoms with Gasteiger partial charge in [0.05, 0.1) is 0 Å². The van der Waals surface area contributed by atoms with Crippen LogP contribution in [0.25, 0.3) is 0 Å². The van der Waals surface area contributed by atoms with E-state index in [-0.39, 0.29) is 12.0 Å². The Morgan fingerprint density at radius 2 is 2.00 bits per heavy atom. The molecule has 0 saturated heterocycles. The van der Waals surface area contributed by atoms with Crippen LogP contribution < -0.4 is 5.32 Å². The van der Waals surface area contributed by atoms with Crippen molar-refractivity contribution in [3.63, 3.8) is 0 Å². The maximum Gasteiger partial charge on any atom is 0.322 e. The van der Waals surface area contributed by atoms with Gasteiger partial charge in [0, 0.05) is 5.69 Å². The van der Waals surface area contributed by atoms with Crippen molar-refractivity contribution in [1.82, 2.24) is 0 Å². The second-order valence-electron chi connectivity index (χ2n) is 5.03. The van der Waals surface area contributed by atoms with E-state index in [0.717, 1.165) is 11.3 Å². The Labute approximate surface area is 96.5 Å². The summed E-state index contributed by atoms with van der Waals surface area (Å²) in [6.45, 7) is 8.42. The van der Waals surface area contributed by atoms with E-state index >= 15 is 0 Å². The summed E-state index contributed by atoms with van der Waals surface area (Å²) in [5, 5.41) is 11.5. The fourth-order valence-electron chi connectivity index (χ4n) is 1.50. The molecule has 0 aliphatic rings. The Bertz CT molecular complexity index is 391. The van der Waals surface area contributed by atoms with E-state index in [1.54, 1.807) is 0 Å². The molecule has 2 N–H and O–H groups in total. The van der Waals surface area contributed by atoms with Gasteiger partial charge in [-0.05, 0) is 29.5 Å². The fourth-order valence-corrected chi connectivity index (χ4v) is 1.50. The van der Waals surface area contributed by atoms with Gasteiger partial charge < -0.3 is 10.4 Å². The van der Waals surface area contributed by atoms with E-state index in [0.29, 0.717) is 0 Å². The first-order valence-electron chi connectivity index (χ1n) is 5.37. The van der Waals surface area contributed by atoms with Crippen LogP contribution in [-0.4, -0.2) is 17.6 Å². The molecule has 0 atom stereocenters. The average Bonchev–Trinajstić information content (AvgIpc) is 2.14. The number of anilines is 1. The molecule has 0 radical (unpaired) electrons. The van der Waals surface area contributed by atoms with Crippen LogP contribution in [0, 0.1) is 6.92 Å². The topological polar surface area (TPSA) is 49.3 Å². The average molecular weight is 221 g/mol. The van der Waals surface area contributed by atoms with Gasteiger partial charge in [-0.25, -0.2) is 0 Å². The van der Waals surface area contributed by atoms with Crippen molar-refractivity contribution in [3.05, 3.63) is 29.3 Å². The van der Waals surface area contributed by atoms with Gasteiger partial charge >= 0.3 is 5.97 Å². The molecule has 88 valence electrons. The SMILES string of the molecule is Cc1cc(C(C)(C)C)ccc1NCC(=O)O. The van der Waals surface area contributed by atoms with Crippen LogP contribution in [0.4, 0.5) is 5.69 Å². The molecule has 0 heterocycles. The Kier molecular flexibility index (Phi) is 3.58. The summed E-state index contributed by atoms with van der Waals surface area (Å²) in [6, 6.07) is 6.08. The Morgan fingerprint density at radius 3 is 2.44 bits per heavy atom. The van der Waals surface area contributed by atoms with E-state index in [2.05, 4.69) is 32.2 Å². The molecule has 1 rings (SSSR count). The lowest BCUT2D eigenvalue weighted by atomic mass is 9.86. The predicted octanol–water partition coefficient (Wildman–Crippen LogP) is 2.79. The molecule has 0 unspecified atom stereocenters.